The molecule has 3 aromatic carbocycles. The van der Waals surface area contributed by atoms with Crippen LogP contribution in [0.1, 0.15) is 76.5 Å². The average Bonchev–Trinajstić information content (AvgIpc) is 3.94. The number of furan rings is 1. The topological polar surface area (TPSA) is 44.7 Å². The molecule has 9 rings (SSSR count). The van der Waals surface area contributed by atoms with Gasteiger partial charge in [-0.05, 0) is 93.9 Å². The minimum absolute atomic E-state index is 0.0543. The molecule has 5 heterocycles. The lowest BCUT2D eigenvalue weighted by molar-refractivity contribution is 0.452. The normalized spacial score (nSPS) is 22.3. The molecule has 1 saturated carbocycles. The third kappa shape index (κ3) is 4.50. The molecule has 6 aromatic rings. The molecule has 8 bridgehead atoms. The van der Waals surface area contributed by atoms with Crippen LogP contribution in [-0.4, -0.2) is 9.97 Å². The summed E-state index contributed by atoms with van der Waals surface area (Å²) in [5, 5.41) is 4.29. The van der Waals surface area contributed by atoms with Crippen LogP contribution >= 0.6 is 6.04 Å². The van der Waals surface area contributed by atoms with Gasteiger partial charge in [-0.15, -0.1) is 0 Å². The van der Waals surface area contributed by atoms with E-state index in [1.165, 1.54) is 44.9 Å². The van der Waals surface area contributed by atoms with E-state index in [0.717, 1.165) is 48.6 Å². The standard InChI is InChI=1S/C41H35N2OPS/c46-45(31-15-8-3-9-16-31)38-25-29-19-21-34(42-29)40(27-11-4-1-5-12-27)36-23-24-37(44-36)41(28-13-6-2-7-14-28)35-22-20-30(43-35)26-39(45)33-18-10-17-32(33)38/h1-9,11-16,19-24,40-43H,10,17-18,25-26H2. The van der Waals surface area contributed by atoms with Crippen LogP contribution < -0.4 is 5.30 Å². The fourth-order valence-electron chi connectivity index (χ4n) is 8.10. The lowest BCUT2D eigenvalue weighted by Crippen LogP contribution is -2.10. The third-order valence-corrected chi connectivity index (χ3v) is 15.5. The summed E-state index contributed by atoms with van der Waals surface area (Å²) in [6.07, 6.45) is 5.16. The number of aromatic nitrogens is 2. The van der Waals surface area contributed by atoms with Crippen LogP contribution in [0.15, 0.2) is 154 Å². The van der Waals surface area contributed by atoms with E-state index < -0.39 is 6.04 Å². The van der Waals surface area contributed by atoms with Crippen molar-refractivity contribution in [1.29, 1.82) is 0 Å². The quantitative estimate of drug-likeness (QED) is 0.190. The summed E-state index contributed by atoms with van der Waals surface area (Å²) >= 11 is 7.01. The number of H-pyrrole nitrogens is 2. The maximum atomic E-state index is 7.01. The zero-order valence-corrected chi connectivity index (χ0v) is 27.3. The van der Waals surface area contributed by atoms with E-state index in [1.807, 2.05) is 0 Å². The second-order valence-electron chi connectivity index (χ2n) is 12.8. The van der Waals surface area contributed by atoms with Crippen molar-refractivity contribution in [2.75, 3.05) is 0 Å². The molecule has 5 heteroatoms. The van der Waals surface area contributed by atoms with Gasteiger partial charge < -0.3 is 14.4 Å². The molecule has 0 radical (unpaired) electrons. The zero-order chi connectivity index (χ0) is 30.7. The van der Waals surface area contributed by atoms with E-state index in [-0.39, 0.29) is 11.8 Å². The number of aromatic amines is 2. The van der Waals surface area contributed by atoms with Crippen LogP contribution in [-0.2, 0) is 24.6 Å². The Bertz CT molecular complexity index is 2040. The molecule has 2 N–H and O–H groups in total. The Morgan fingerprint density at radius 2 is 1.00 bits per heavy atom. The van der Waals surface area contributed by atoms with Crippen LogP contribution in [0.3, 0.4) is 0 Å². The fraction of sp³-hybridized carbons (Fsp3) is 0.171. The van der Waals surface area contributed by atoms with Crippen molar-refractivity contribution in [2.24, 2.45) is 0 Å². The highest BCUT2D eigenvalue weighted by Crippen LogP contribution is 2.71. The molecule has 3 aromatic heterocycles. The molecular formula is C41H35N2OPS. The number of benzene rings is 3. The molecule has 0 spiro atoms. The van der Waals surface area contributed by atoms with E-state index in [9.17, 15) is 0 Å². The molecule has 2 unspecified atom stereocenters. The van der Waals surface area contributed by atoms with Gasteiger partial charge >= 0.3 is 0 Å². The first-order valence-electron chi connectivity index (χ1n) is 16.3. The first-order valence-corrected chi connectivity index (χ1v) is 19.1. The molecule has 3 aliphatic rings. The number of fused-ring (bicyclic) bond motifs is 9. The Morgan fingerprint density at radius 3 is 1.48 bits per heavy atom. The molecule has 2 atom stereocenters. The smallest absolute Gasteiger partial charge is 0.117 e. The molecular weight excluding hydrogens is 600 g/mol. The predicted molar refractivity (Wildman–Crippen MR) is 191 cm³/mol. The monoisotopic (exact) mass is 634 g/mol. The zero-order valence-electron chi connectivity index (χ0n) is 25.6. The van der Waals surface area contributed by atoms with Gasteiger partial charge in [0.2, 0.25) is 0 Å². The van der Waals surface area contributed by atoms with E-state index in [0.29, 0.717) is 0 Å². The van der Waals surface area contributed by atoms with E-state index in [2.05, 4.69) is 137 Å². The minimum Gasteiger partial charge on any atom is -0.464 e. The number of rotatable bonds is 3. The first kappa shape index (κ1) is 27.9. The highest BCUT2D eigenvalue weighted by Gasteiger charge is 2.42. The summed E-state index contributed by atoms with van der Waals surface area (Å²) in [7, 11) is 0. The van der Waals surface area contributed by atoms with Gasteiger partial charge in [-0.2, -0.15) is 0 Å². The summed E-state index contributed by atoms with van der Waals surface area (Å²) < 4.78 is 6.89. The fourth-order valence-corrected chi connectivity index (χ4v) is 13.1. The molecule has 1 aliphatic carbocycles. The molecule has 0 amide bonds. The van der Waals surface area contributed by atoms with Crippen LogP contribution in [0.5, 0.6) is 0 Å². The van der Waals surface area contributed by atoms with E-state index in [4.69, 9.17) is 16.2 Å². The second kappa shape index (κ2) is 11.2. The Morgan fingerprint density at radius 1 is 0.543 bits per heavy atom. The second-order valence-corrected chi connectivity index (χ2v) is 17.3. The van der Waals surface area contributed by atoms with Crippen molar-refractivity contribution in [3.8, 4) is 0 Å². The molecule has 0 saturated heterocycles. The van der Waals surface area contributed by atoms with Crippen molar-refractivity contribution in [1.82, 2.24) is 9.97 Å². The van der Waals surface area contributed by atoms with E-state index in [1.54, 1.807) is 11.1 Å². The largest absolute Gasteiger partial charge is 0.464 e. The van der Waals surface area contributed by atoms with Gasteiger partial charge in [0.25, 0.3) is 0 Å². The maximum absolute atomic E-state index is 7.01. The lowest BCUT2D eigenvalue weighted by Gasteiger charge is -2.26. The number of hydrogen-bond donors (Lipinski definition) is 2. The molecule has 226 valence electrons. The molecule has 46 heavy (non-hydrogen) atoms. The maximum Gasteiger partial charge on any atom is 0.117 e. The first-order chi connectivity index (χ1) is 22.7. The van der Waals surface area contributed by atoms with Gasteiger partial charge in [0.1, 0.15) is 11.5 Å². The number of nitrogens with one attached hydrogen (secondary N) is 2. The van der Waals surface area contributed by atoms with Crippen molar-refractivity contribution < 1.29 is 4.42 Å². The Labute approximate surface area is 275 Å². The van der Waals surface area contributed by atoms with Gasteiger partial charge in [0, 0.05) is 41.7 Å². The van der Waals surface area contributed by atoms with Crippen LogP contribution in [0.2, 0.25) is 0 Å². The van der Waals surface area contributed by atoms with Gasteiger partial charge in [-0.3, -0.25) is 0 Å². The Kier molecular flexibility index (Phi) is 6.77. The SMILES string of the molecule is S=P1(c2ccccc2)C2=C3CCCC3=C1Cc1ccc([nH]1)C(c1ccccc1)c1ccc(o1)C(c1ccccc1)c1ccc([nH]1)C2. The molecule has 3 nitrogen and oxygen atoms in total. The summed E-state index contributed by atoms with van der Waals surface area (Å²) in [4.78, 5) is 7.78. The van der Waals surface area contributed by atoms with Crippen molar-refractivity contribution in [3.05, 3.63) is 195 Å². The third-order valence-electron chi connectivity index (χ3n) is 10.2. The summed E-state index contributed by atoms with van der Waals surface area (Å²) in [6, 6.07) is 43.7. The highest BCUT2D eigenvalue weighted by molar-refractivity contribution is 8.22. The number of hydrogen-bond acceptors (Lipinski definition) is 2. The summed E-state index contributed by atoms with van der Waals surface area (Å²) in [6.45, 7) is 0. The van der Waals surface area contributed by atoms with Gasteiger partial charge in [0.05, 0.1) is 11.8 Å². The van der Waals surface area contributed by atoms with Crippen LogP contribution in [0.25, 0.3) is 0 Å². The summed E-state index contributed by atoms with van der Waals surface area (Å²) in [5.41, 5.74) is 10.2. The lowest BCUT2D eigenvalue weighted by atomic mass is 9.93. The summed E-state index contributed by atoms with van der Waals surface area (Å²) in [5.74, 6) is 1.77. The van der Waals surface area contributed by atoms with Gasteiger partial charge in [-0.25, -0.2) is 0 Å². The van der Waals surface area contributed by atoms with Gasteiger partial charge in [-0.1, -0.05) is 103 Å². The highest BCUT2D eigenvalue weighted by atomic mass is 32.4. The van der Waals surface area contributed by atoms with Crippen molar-refractivity contribution in [2.45, 2.75) is 43.9 Å². The Balaban J connectivity index is 1.28. The molecule has 2 aliphatic heterocycles. The van der Waals surface area contributed by atoms with E-state index >= 15 is 0 Å². The van der Waals surface area contributed by atoms with Crippen molar-refractivity contribution in [3.63, 3.8) is 0 Å². The van der Waals surface area contributed by atoms with Crippen LogP contribution in [0, 0.1) is 0 Å². The predicted octanol–water partition coefficient (Wildman–Crippen LogP) is 9.91. The van der Waals surface area contributed by atoms with Crippen molar-refractivity contribution >= 4 is 23.1 Å². The van der Waals surface area contributed by atoms with Crippen LogP contribution in [0.4, 0.5) is 0 Å². The molecule has 1 fully saturated rings. The average molecular weight is 635 g/mol. The Hall–Kier alpha value is -4.37. The minimum atomic E-state index is -2.20. The number of allylic oxidation sites excluding steroid dienone is 4. The van der Waals surface area contributed by atoms with Gasteiger partial charge in [0.15, 0.2) is 0 Å².